The Labute approximate surface area is 201 Å². The second-order valence-corrected chi connectivity index (χ2v) is 9.64. The van der Waals surface area contributed by atoms with Gasteiger partial charge in [-0.2, -0.15) is 4.98 Å². The van der Waals surface area contributed by atoms with E-state index in [1.54, 1.807) is 0 Å². The summed E-state index contributed by atoms with van der Waals surface area (Å²) in [7, 11) is 0. The number of nitrogens with zero attached hydrogens (tertiary/aromatic N) is 3. The molecule has 0 saturated carbocycles. The van der Waals surface area contributed by atoms with Gasteiger partial charge in [-0.3, -0.25) is 14.4 Å². The van der Waals surface area contributed by atoms with E-state index in [4.69, 9.17) is 4.52 Å². The molecule has 0 fully saturated rings. The zero-order valence-electron chi connectivity index (χ0n) is 19.3. The molecule has 0 saturated heterocycles. The van der Waals surface area contributed by atoms with Gasteiger partial charge in [-0.05, 0) is 77.3 Å². The normalized spacial score (nSPS) is 14.6. The lowest BCUT2D eigenvalue weighted by Crippen LogP contribution is -2.33. The first-order chi connectivity index (χ1) is 16.3. The van der Waals surface area contributed by atoms with Gasteiger partial charge in [0.25, 0.3) is 11.7 Å². The van der Waals surface area contributed by atoms with Crippen LogP contribution in [0, 0.1) is 17.6 Å². The molecule has 1 aliphatic heterocycles. The van der Waals surface area contributed by atoms with E-state index in [2.05, 4.69) is 37.2 Å². The molecular weight excluding hydrogens is 460 g/mol. The van der Waals surface area contributed by atoms with Crippen LogP contribution < -0.4 is 10.0 Å². The lowest BCUT2D eigenvalue weighted by Gasteiger charge is -2.34. The van der Waals surface area contributed by atoms with Crippen molar-refractivity contribution in [3.8, 4) is 0 Å². The fourth-order valence-corrected chi connectivity index (χ4v) is 4.44. The number of carbonyl (C=O) groups is 1. The molecule has 4 rings (SSSR count). The number of carbonyl (C=O) groups excluding carboxylic acids is 1. The van der Waals surface area contributed by atoms with Crippen LogP contribution in [0.4, 0.5) is 14.8 Å². The molecule has 180 valence electrons. The largest absolute Gasteiger partial charge is 0.349 e. The summed E-state index contributed by atoms with van der Waals surface area (Å²) >= 11 is 1.30. The zero-order valence-corrected chi connectivity index (χ0v) is 20.1. The van der Waals surface area contributed by atoms with Crippen LogP contribution in [-0.4, -0.2) is 34.0 Å². The van der Waals surface area contributed by atoms with Crippen molar-refractivity contribution in [2.45, 2.75) is 44.7 Å². The second-order valence-electron chi connectivity index (χ2n) is 8.76. The molecule has 2 aromatic carbocycles. The minimum absolute atomic E-state index is 0.0207. The summed E-state index contributed by atoms with van der Waals surface area (Å²) in [4.78, 5) is 19.3. The van der Waals surface area contributed by atoms with E-state index in [0.717, 1.165) is 29.5 Å². The van der Waals surface area contributed by atoms with E-state index in [9.17, 15) is 13.6 Å². The Kier molecular flexibility index (Phi) is 7.47. The highest BCUT2D eigenvalue weighted by Gasteiger charge is 2.23. The molecule has 3 aromatic rings. The van der Waals surface area contributed by atoms with E-state index in [-0.39, 0.29) is 23.8 Å². The number of benzene rings is 2. The number of rotatable bonds is 8. The average molecular weight is 488 g/mol. The van der Waals surface area contributed by atoms with E-state index < -0.39 is 11.6 Å². The SMILES string of the molecule is CC(C)CNC(=O)c1noc(NSc2ccc3c(c2)CN(C(C)c2cc(F)cc(F)c2)CC3)n1. The highest BCUT2D eigenvalue weighted by atomic mass is 32.2. The van der Waals surface area contributed by atoms with Gasteiger partial charge in [-0.1, -0.05) is 19.9 Å². The Morgan fingerprint density at radius 3 is 2.65 bits per heavy atom. The first-order valence-corrected chi connectivity index (χ1v) is 12.0. The van der Waals surface area contributed by atoms with Crippen molar-refractivity contribution in [3.63, 3.8) is 0 Å². The van der Waals surface area contributed by atoms with Crippen LogP contribution >= 0.6 is 11.9 Å². The van der Waals surface area contributed by atoms with Crippen molar-refractivity contribution < 1.29 is 18.1 Å². The summed E-state index contributed by atoms with van der Waals surface area (Å²) in [5.41, 5.74) is 3.03. The minimum atomic E-state index is -0.564. The number of anilines is 1. The van der Waals surface area contributed by atoms with Gasteiger partial charge in [-0.25, -0.2) is 8.78 Å². The van der Waals surface area contributed by atoms with Crippen molar-refractivity contribution in [2.24, 2.45) is 5.92 Å². The monoisotopic (exact) mass is 487 g/mol. The fourth-order valence-electron chi connectivity index (χ4n) is 3.81. The smallest absolute Gasteiger partial charge is 0.332 e. The standard InChI is InChI=1S/C24H27F2N5O2S/c1-14(2)12-27-23(32)22-28-24(33-29-22)30-34-21-5-4-16-6-7-31(13-18(16)10-21)15(3)17-8-19(25)11-20(26)9-17/h4-5,8-11,14-15H,6-7,12-13H2,1-3H3,(H,27,32)(H,28,29,30). The quantitative estimate of drug-likeness (QED) is 0.434. The van der Waals surface area contributed by atoms with Crippen molar-refractivity contribution in [2.75, 3.05) is 17.8 Å². The molecule has 10 heteroatoms. The number of hydrogen-bond donors (Lipinski definition) is 2. The number of aromatic nitrogens is 2. The molecule has 7 nitrogen and oxygen atoms in total. The Bertz CT molecular complexity index is 1150. The highest BCUT2D eigenvalue weighted by Crippen LogP contribution is 2.31. The lowest BCUT2D eigenvalue weighted by molar-refractivity contribution is 0.0935. The molecule has 1 unspecified atom stereocenters. The van der Waals surface area contributed by atoms with Crippen molar-refractivity contribution in [1.82, 2.24) is 20.4 Å². The summed E-state index contributed by atoms with van der Waals surface area (Å²) in [6.07, 6.45) is 0.856. The zero-order chi connectivity index (χ0) is 24.2. The molecule has 34 heavy (non-hydrogen) atoms. The van der Waals surface area contributed by atoms with Crippen LogP contribution in [0.3, 0.4) is 0 Å². The van der Waals surface area contributed by atoms with Crippen molar-refractivity contribution in [1.29, 1.82) is 0 Å². The number of hydrogen-bond acceptors (Lipinski definition) is 7. The lowest BCUT2D eigenvalue weighted by atomic mass is 9.97. The molecule has 2 heterocycles. The van der Waals surface area contributed by atoms with Crippen LogP contribution in [0.2, 0.25) is 0 Å². The topological polar surface area (TPSA) is 83.3 Å². The number of halogens is 2. The van der Waals surface area contributed by atoms with Gasteiger partial charge >= 0.3 is 6.01 Å². The molecule has 1 amide bonds. The average Bonchev–Trinajstić information content (AvgIpc) is 3.28. The Balaban J connectivity index is 1.38. The first-order valence-electron chi connectivity index (χ1n) is 11.1. The molecule has 0 radical (unpaired) electrons. The van der Waals surface area contributed by atoms with Crippen LogP contribution in [-0.2, 0) is 13.0 Å². The predicted octanol–water partition coefficient (Wildman–Crippen LogP) is 4.97. The van der Waals surface area contributed by atoms with E-state index >= 15 is 0 Å². The van der Waals surface area contributed by atoms with Gasteiger partial charge in [0.05, 0.1) is 0 Å². The predicted molar refractivity (Wildman–Crippen MR) is 126 cm³/mol. The van der Waals surface area contributed by atoms with Crippen LogP contribution in [0.15, 0.2) is 45.8 Å². The van der Waals surface area contributed by atoms with E-state index in [1.165, 1.54) is 29.6 Å². The van der Waals surface area contributed by atoms with Crippen LogP contribution in [0.25, 0.3) is 0 Å². The third kappa shape index (κ3) is 5.92. The van der Waals surface area contributed by atoms with Gasteiger partial charge in [0.15, 0.2) is 0 Å². The molecule has 1 atom stereocenters. The maximum Gasteiger partial charge on any atom is 0.332 e. The Morgan fingerprint density at radius 1 is 1.15 bits per heavy atom. The first kappa shape index (κ1) is 24.2. The third-order valence-corrected chi connectivity index (χ3v) is 6.46. The second kappa shape index (κ2) is 10.5. The minimum Gasteiger partial charge on any atom is -0.349 e. The number of amides is 1. The maximum atomic E-state index is 13.7. The van der Waals surface area contributed by atoms with Crippen LogP contribution in [0.1, 0.15) is 54.1 Å². The number of fused-ring (bicyclic) bond motifs is 1. The van der Waals surface area contributed by atoms with Crippen molar-refractivity contribution in [3.05, 3.63) is 70.5 Å². The van der Waals surface area contributed by atoms with Crippen LogP contribution in [0.5, 0.6) is 0 Å². The summed E-state index contributed by atoms with van der Waals surface area (Å²) in [5.74, 6) is -1.21. The highest BCUT2D eigenvalue weighted by molar-refractivity contribution is 8.00. The van der Waals surface area contributed by atoms with Gasteiger partial charge in [0.2, 0.25) is 0 Å². The molecule has 0 bridgehead atoms. The third-order valence-electron chi connectivity index (χ3n) is 5.69. The molecule has 0 spiro atoms. The summed E-state index contributed by atoms with van der Waals surface area (Å²) in [5, 5.41) is 6.46. The fraction of sp³-hybridized carbons (Fsp3) is 0.375. The van der Waals surface area contributed by atoms with Crippen molar-refractivity contribution >= 4 is 23.9 Å². The number of nitrogens with one attached hydrogen (secondary N) is 2. The van der Waals surface area contributed by atoms with E-state index in [0.29, 0.717) is 24.6 Å². The molecule has 0 aliphatic carbocycles. The summed E-state index contributed by atoms with van der Waals surface area (Å²) in [6, 6.07) is 9.86. The Hall–Kier alpha value is -2.98. The molecule has 1 aliphatic rings. The van der Waals surface area contributed by atoms with E-state index in [1.807, 2.05) is 26.8 Å². The maximum absolute atomic E-state index is 13.7. The van der Waals surface area contributed by atoms with Gasteiger partial charge in [0.1, 0.15) is 11.6 Å². The van der Waals surface area contributed by atoms with Gasteiger partial charge in [-0.15, -0.1) is 0 Å². The summed E-state index contributed by atoms with van der Waals surface area (Å²) < 4.78 is 35.5. The molecule has 1 aromatic heterocycles. The van der Waals surface area contributed by atoms with Gasteiger partial charge in [0, 0.05) is 36.6 Å². The molecular formula is C24H27F2N5O2S. The molecule has 2 N–H and O–H groups in total. The van der Waals surface area contributed by atoms with Gasteiger partial charge < -0.3 is 9.84 Å². The Morgan fingerprint density at radius 2 is 1.91 bits per heavy atom. The summed E-state index contributed by atoms with van der Waals surface area (Å²) in [6.45, 7) is 7.97.